The molecule has 0 N–H and O–H groups in total. The summed E-state index contributed by atoms with van der Waals surface area (Å²) in [7, 11) is 0. The Morgan fingerprint density at radius 1 is 0.322 bits per heavy atom. The van der Waals surface area contributed by atoms with E-state index >= 15 is 0 Å². The Kier molecular flexibility index (Phi) is 11.7. The van der Waals surface area contributed by atoms with Crippen LogP contribution in [-0.2, 0) is 13.0 Å². The Labute approximate surface area is 351 Å². The number of nitrogens with zero attached hydrogens (tertiary/aromatic N) is 1. The van der Waals surface area contributed by atoms with Gasteiger partial charge >= 0.3 is 0 Å². The van der Waals surface area contributed by atoms with E-state index in [4.69, 9.17) is 0 Å². The Bertz CT molecular complexity index is 2760. The molecule has 294 valence electrons. The third kappa shape index (κ3) is 7.96. The molecule has 0 spiro atoms. The van der Waals surface area contributed by atoms with Crippen molar-refractivity contribution in [3.63, 3.8) is 0 Å². The molecule has 59 heavy (non-hydrogen) atoms. The minimum atomic E-state index is 0.956. The molecule has 9 aromatic rings. The van der Waals surface area contributed by atoms with Gasteiger partial charge in [0.2, 0.25) is 0 Å². The van der Waals surface area contributed by atoms with Gasteiger partial charge in [0.05, 0.1) is 0 Å². The van der Waals surface area contributed by atoms with Gasteiger partial charge in [-0.3, -0.25) is 0 Å². The number of hydrogen-bond acceptors (Lipinski definition) is 0. The van der Waals surface area contributed by atoms with Crippen LogP contribution in [0.25, 0.3) is 87.9 Å². The number of unbranched alkanes of at least 4 members (excludes halogenated alkanes) is 9. The van der Waals surface area contributed by atoms with E-state index in [1.165, 1.54) is 164 Å². The van der Waals surface area contributed by atoms with Gasteiger partial charge < -0.3 is 4.57 Å². The maximum Gasteiger partial charge on any atom is 0.0491 e. The van der Waals surface area contributed by atoms with E-state index in [0.29, 0.717) is 0 Å². The third-order valence-electron chi connectivity index (χ3n) is 12.8. The molecule has 0 unspecified atom stereocenters. The Morgan fingerprint density at radius 2 is 0.712 bits per heavy atom. The highest BCUT2D eigenvalue weighted by molar-refractivity contribution is 6.21. The normalized spacial score (nSPS) is 11.7. The SMILES string of the molecule is CCCCCCCCCCCCc1ccc(-c2ccc(-c3c4ccccc4c(-c4ccc(-c5ccc6c(c5)c5ccccc5n6CC)cc4)c4ccccc34)cc2)cc1. The summed E-state index contributed by atoms with van der Waals surface area (Å²) in [6.45, 7) is 5.48. The van der Waals surface area contributed by atoms with Crippen molar-refractivity contribution < 1.29 is 0 Å². The lowest BCUT2D eigenvalue weighted by molar-refractivity contribution is 0.556. The molecule has 1 aromatic heterocycles. The van der Waals surface area contributed by atoms with Crippen LogP contribution in [0.1, 0.15) is 83.6 Å². The maximum atomic E-state index is 2.42. The fraction of sp³-hybridized carbons (Fsp3) is 0.241. The monoisotopic (exact) mass is 767 g/mol. The number of aromatic nitrogens is 1. The fourth-order valence-electron chi connectivity index (χ4n) is 9.66. The molecule has 0 bridgehead atoms. The predicted molar refractivity (Wildman–Crippen MR) is 257 cm³/mol. The molecule has 0 aliphatic heterocycles. The van der Waals surface area contributed by atoms with Crippen molar-refractivity contribution in [3.05, 3.63) is 169 Å². The zero-order chi connectivity index (χ0) is 40.0. The molecule has 9 rings (SSSR count). The van der Waals surface area contributed by atoms with Crippen molar-refractivity contribution in [1.82, 2.24) is 4.57 Å². The molecule has 0 saturated heterocycles. The van der Waals surface area contributed by atoms with Crippen molar-refractivity contribution in [1.29, 1.82) is 0 Å². The van der Waals surface area contributed by atoms with Gasteiger partial charge in [0.1, 0.15) is 0 Å². The van der Waals surface area contributed by atoms with Crippen LogP contribution < -0.4 is 0 Å². The summed E-state index contributed by atoms with van der Waals surface area (Å²) in [6, 6.07) is 61.5. The lowest BCUT2D eigenvalue weighted by Crippen LogP contribution is -1.92. The number of aryl methyl sites for hydroxylation is 2. The number of hydrogen-bond donors (Lipinski definition) is 0. The standard InChI is InChI=1S/C58H57N/c1-3-5-6-7-8-9-10-11-12-13-20-42-27-29-43(30-28-42)44-31-35-46(36-32-44)57-50-22-14-16-24-52(50)58(53-25-17-15-23-51(53)57)47-37-33-45(34-38-47)48-39-40-56-54(41-48)49-21-18-19-26-55(49)59(56)4-2/h14-19,21-41H,3-13,20H2,1-2H3. The molecule has 0 radical (unpaired) electrons. The lowest BCUT2D eigenvalue weighted by Gasteiger charge is -2.18. The molecule has 0 aliphatic rings. The molecule has 0 saturated carbocycles. The molecule has 0 atom stereocenters. The van der Waals surface area contributed by atoms with Crippen LogP contribution in [-0.4, -0.2) is 4.57 Å². The maximum absolute atomic E-state index is 2.42. The van der Waals surface area contributed by atoms with Crippen molar-refractivity contribution in [2.24, 2.45) is 0 Å². The van der Waals surface area contributed by atoms with Crippen molar-refractivity contribution in [2.75, 3.05) is 0 Å². The summed E-state index contributed by atoms with van der Waals surface area (Å²) < 4.78 is 2.42. The van der Waals surface area contributed by atoms with Gasteiger partial charge in [0.15, 0.2) is 0 Å². The number of benzene rings is 8. The van der Waals surface area contributed by atoms with E-state index in [0.717, 1.165) is 6.54 Å². The number of rotatable bonds is 16. The summed E-state index contributed by atoms with van der Waals surface area (Å²) in [4.78, 5) is 0. The number of para-hydroxylation sites is 1. The topological polar surface area (TPSA) is 4.93 Å². The quantitative estimate of drug-likeness (QED) is 0.0682. The Hall–Kier alpha value is -5.92. The molecule has 1 nitrogen and oxygen atoms in total. The van der Waals surface area contributed by atoms with Crippen molar-refractivity contribution in [3.8, 4) is 44.5 Å². The predicted octanol–water partition coefficient (Wildman–Crippen LogP) is 17.3. The van der Waals surface area contributed by atoms with Crippen LogP contribution in [0.15, 0.2) is 164 Å². The van der Waals surface area contributed by atoms with Crippen LogP contribution in [0.4, 0.5) is 0 Å². The first-order valence-corrected chi connectivity index (χ1v) is 22.5. The Morgan fingerprint density at radius 3 is 1.22 bits per heavy atom. The van der Waals surface area contributed by atoms with E-state index in [9.17, 15) is 0 Å². The highest BCUT2D eigenvalue weighted by Crippen LogP contribution is 2.44. The van der Waals surface area contributed by atoms with Gasteiger partial charge in [0.25, 0.3) is 0 Å². The summed E-state index contributed by atoms with van der Waals surface area (Å²) in [5.41, 5.74) is 14.2. The van der Waals surface area contributed by atoms with Gasteiger partial charge in [-0.2, -0.15) is 0 Å². The third-order valence-corrected chi connectivity index (χ3v) is 12.8. The smallest absolute Gasteiger partial charge is 0.0491 e. The van der Waals surface area contributed by atoms with Crippen molar-refractivity contribution >= 4 is 43.4 Å². The summed E-state index contributed by atoms with van der Waals surface area (Å²) in [5.74, 6) is 0. The molecular formula is C58H57N. The molecule has 0 fully saturated rings. The second-order valence-corrected chi connectivity index (χ2v) is 16.6. The zero-order valence-corrected chi connectivity index (χ0v) is 35.0. The van der Waals surface area contributed by atoms with Gasteiger partial charge in [-0.05, 0) is 110 Å². The fourth-order valence-corrected chi connectivity index (χ4v) is 9.66. The molecule has 8 aromatic carbocycles. The van der Waals surface area contributed by atoms with Gasteiger partial charge in [0, 0.05) is 28.4 Å². The molecule has 1 heteroatoms. The average molecular weight is 768 g/mol. The van der Waals surface area contributed by atoms with Crippen LogP contribution in [0.2, 0.25) is 0 Å². The zero-order valence-electron chi connectivity index (χ0n) is 35.0. The first-order valence-electron chi connectivity index (χ1n) is 22.5. The highest BCUT2D eigenvalue weighted by atomic mass is 15.0. The lowest BCUT2D eigenvalue weighted by atomic mass is 9.85. The summed E-state index contributed by atoms with van der Waals surface area (Å²) in [5, 5.41) is 7.77. The second kappa shape index (κ2) is 17.9. The van der Waals surface area contributed by atoms with Crippen LogP contribution >= 0.6 is 0 Å². The summed E-state index contributed by atoms with van der Waals surface area (Å²) in [6.07, 6.45) is 15.0. The van der Waals surface area contributed by atoms with E-state index in [2.05, 4.69) is 182 Å². The van der Waals surface area contributed by atoms with E-state index in [1.807, 2.05) is 0 Å². The van der Waals surface area contributed by atoms with Crippen LogP contribution in [0, 0.1) is 0 Å². The second-order valence-electron chi connectivity index (χ2n) is 16.6. The molecule has 1 heterocycles. The van der Waals surface area contributed by atoms with Gasteiger partial charge in [-0.25, -0.2) is 0 Å². The minimum Gasteiger partial charge on any atom is -0.341 e. The van der Waals surface area contributed by atoms with Crippen LogP contribution in [0.5, 0.6) is 0 Å². The van der Waals surface area contributed by atoms with E-state index in [-0.39, 0.29) is 0 Å². The van der Waals surface area contributed by atoms with Crippen molar-refractivity contribution in [2.45, 2.75) is 91.0 Å². The summed E-state index contributed by atoms with van der Waals surface area (Å²) >= 11 is 0. The Balaban J connectivity index is 0.952. The van der Waals surface area contributed by atoms with Gasteiger partial charge in [-0.1, -0.05) is 210 Å². The molecular weight excluding hydrogens is 711 g/mol. The average Bonchev–Trinajstić information content (AvgIpc) is 3.62. The molecule has 0 amide bonds. The van der Waals surface area contributed by atoms with E-state index in [1.54, 1.807) is 0 Å². The van der Waals surface area contributed by atoms with Gasteiger partial charge in [-0.15, -0.1) is 0 Å². The number of fused-ring (bicyclic) bond motifs is 5. The minimum absolute atomic E-state index is 0.956. The largest absolute Gasteiger partial charge is 0.341 e. The molecule has 0 aliphatic carbocycles. The first-order chi connectivity index (χ1) is 29.2. The first kappa shape index (κ1) is 38.6. The van der Waals surface area contributed by atoms with Crippen LogP contribution in [0.3, 0.4) is 0 Å². The highest BCUT2D eigenvalue weighted by Gasteiger charge is 2.17. The van der Waals surface area contributed by atoms with E-state index < -0.39 is 0 Å².